The second kappa shape index (κ2) is 5.57. The molecule has 28 heavy (non-hydrogen) atoms. The zero-order valence-electron chi connectivity index (χ0n) is 15.8. The standard InChI is InChI=1S/C24H18S4/c1-11-7-13-3-5-15-17-9-20-18(10-19(17)27-23(15)21(13)25-11)16-6-4-14-8-12(2)26-22(14)24(16)28-20/h7-10H,3-6H2,1-2H3. The second-order valence-electron chi connectivity index (χ2n) is 8.09. The normalized spacial score (nSPS) is 14.9. The lowest BCUT2D eigenvalue weighted by Gasteiger charge is -2.12. The summed E-state index contributed by atoms with van der Waals surface area (Å²) in [6.45, 7) is 4.50. The molecule has 0 saturated carbocycles. The number of aryl methyl sites for hydroxylation is 6. The van der Waals surface area contributed by atoms with Gasteiger partial charge in [-0.15, -0.1) is 45.3 Å². The molecule has 4 heterocycles. The summed E-state index contributed by atoms with van der Waals surface area (Å²) in [6, 6.07) is 9.86. The van der Waals surface area contributed by atoms with Gasteiger partial charge >= 0.3 is 0 Å². The lowest BCUT2D eigenvalue weighted by Crippen LogP contribution is -1.98. The van der Waals surface area contributed by atoms with E-state index in [0.717, 1.165) is 0 Å². The first-order valence-corrected chi connectivity index (χ1v) is 13.1. The number of benzene rings is 1. The van der Waals surface area contributed by atoms with Crippen LogP contribution in [0.4, 0.5) is 0 Å². The van der Waals surface area contributed by atoms with Gasteiger partial charge in [0.1, 0.15) is 0 Å². The Hall–Kier alpha value is -1.46. The first-order valence-electron chi connectivity index (χ1n) is 9.86. The van der Waals surface area contributed by atoms with Gasteiger partial charge in [0.15, 0.2) is 0 Å². The molecule has 4 heteroatoms. The molecule has 0 fully saturated rings. The molecular formula is C24H18S4. The molecule has 0 amide bonds. The van der Waals surface area contributed by atoms with Crippen molar-refractivity contribution in [2.45, 2.75) is 39.5 Å². The lowest BCUT2D eigenvalue weighted by atomic mass is 9.93. The highest BCUT2D eigenvalue weighted by Gasteiger charge is 2.26. The van der Waals surface area contributed by atoms with Gasteiger partial charge in [0.05, 0.1) is 0 Å². The fourth-order valence-corrected chi connectivity index (χ4v) is 10.1. The third kappa shape index (κ3) is 2.10. The van der Waals surface area contributed by atoms with E-state index in [-0.39, 0.29) is 0 Å². The molecule has 138 valence electrons. The summed E-state index contributed by atoms with van der Waals surface area (Å²) in [7, 11) is 0. The Bertz CT molecular complexity index is 1320. The highest BCUT2D eigenvalue weighted by Crippen LogP contribution is 2.51. The van der Waals surface area contributed by atoms with E-state index in [1.807, 2.05) is 45.3 Å². The largest absolute Gasteiger partial charge is 0.139 e. The Balaban J connectivity index is 1.50. The van der Waals surface area contributed by atoms with Gasteiger partial charge < -0.3 is 0 Å². The molecule has 5 aromatic rings. The Morgan fingerprint density at radius 3 is 1.46 bits per heavy atom. The molecule has 1 aromatic carbocycles. The maximum atomic E-state index is 2.52. The van der Waals surface area contributed by atoms with Crippen LogP contribution in [0.3, 0.4) is 0 Å². The number of fused-ring (bicyclic) bond motifs is 10. The third-order valence-corrected chi connectivity index (χ3v) is 11.2. The summed E-state index contributed by atoms with van der Waals surface area (Å²) >= 11 is 8.04. The van der Waals surface area contributed by atoms with Crippen molar-refractivity contribution in [3.05, 3.63) is 56.3 Å². The minimum atomic E-state index is 1.20. The smallest absolute Gasteiger partial charge is 0.0490 e. The van der Waals surface area contributed by atoms with Crippen LogP contribution >= 0.6 is 45.3 Å². The molecular weight excluding hydrogens is 417 g/mol. The summed E-state index contributed by atoms with van der Waals surface area (Å²) in [4.78, 5) is 9.10. The molecule has 2 aliphatic carbocycles. The van der Waals surface area contributed by atoms with E-state index in [0.29, 0.717) is 0 Å². The van der Waals surface area contributed by atoms with Crippen LogP contribution in [0.1, 0.15) is 32.0 Å². The molecule has 0 bridgehead atoms. The molecule has 0 saturated heterocycles. The first kappa shape index (κ1) is 16.3. The molecule has 0 N–H and O–H groups in total. The Morgan fingerprint density at radius 1 is 0.536 bits per heavy atom. The van der Waals surface area contributed by atoms with Crippen LogP contribution in [0, 0.1) is 13.8 Å². The zero-order chi connectivity index (χ0) is 18.6. The SMILES string of the molecule is Cc1cc2c(s1)-c1sc3cc4c5c(sc4cc3c1CC2)-c1sc(C)cc1CC5. The molecule has 4 aromatic heterocycles. The average Bonchev–Trinajstić information content (AvgIpc) is 3.39. The Labute approximate surface area is 180 Å². The van der Waals surface area contributed by atoms with E-state index in [9.17, 15) is 0 Å². The monoisotopic (exact) mass is 434 g/mol. The van der Waals surface area contributed by atoms with Gasteiger partial charge in [-0.1, -0.05) is 0 Å². The van der Waals surface area contributed by atoms with Gasteiger partial charge in [-0.3, -0.25) is 0 Å². The van der Waals surface area contributed by atoms with Crippen LogP contribution in [0.15, 0.2) is 24.3 Å². The maximum absolute atomic E-state index is 2.52. The topological polar surface area (TPSA) is 0 Å². The van der Waals surface area contributed by atoms with Crippen LogP contribution in [0.2, 0.25) is 0 Å². The Morgan fingerprint density at radius 2 is 1.00 bits per heavy atom. The summed E-state index contributed by atoms with van der Waals surface area (Å²) in [6.07, 6.45) is 4.80. The van der Waals surface area contributed by atoms with E-state index in [1.54, 1.807) is 41.8 Å². The van der Waals surface area contributed by atoms with Crippen molar-refractivity contribution in [3.63, 3.8) is 0 Å². The molecule has 0 unspecified atom stereocenters. The van der Waals surface area contributed by atoms with Gasteiger partial charge in [-0.2, -0.15) is 0 Å². The van der Waals surface area contributed by atoms with Crippen molar-refractivity contribution in [1.29, 1.82) is 0 Å². The summed E-state index contributed by atoms with van der Waals surface area (Å²) in [5, 5.41) is 3.04. The van der Waals surface area contributed by atoms with Crippen LogP contribution in [-0.2, 0) is 25.7 Å². The van der Waals surface area contributed by atoms with Crippen molar-refractivity contribution >= 4 is 65.5 Å². The predicted octanol–water partition coefficient (Wildman–Crippen LogP) is 8.39. The maximum Gasteiger partial charge on any atom is 0.0490 e. The van der Waals surface area contributed by atoms with Crippen molar-refractivity contribution in [2.24, 2.45) is 0 Å². The summed E-state index contributed by atoms with van der Waals surface area (Å²) in [5.41, 5.74) is 6.35. The number of hydrogen-bond acceptors (Lipinski definition) is 4. The van der Waals surface area contributed by atoms with Gasteiger partial charge in [-0.05, 0) is 96.8 Å². The van der Waals surface area contributed by atoms with Crippen molar-refractivity contribution < 1.29 is 0 Å². The minimum absolute atomic E-state index is 1.20. The molecule has 2 aliphatic rings. The van der Waals surface area contributed by atoms with Crippen LogP contribution in [0.25, 0.3) is 39.7 Å². The summed E-state index contributed by atoms with van der Waals surface area (Å²) in [5.74, 6) is 0. The van der Waals surface area contributed by atoms with E-state index >= 15 is 0 Å². The van der Waals surface area contributed by atoms with Crippen molar-refractivity contribution in [2.75, 3.05) is 0 Å². The highest BCUT2D eigenvalue weighted by molar-refractivity contribution is 7.28. The molecule has 0 aliphatic heterocycles. The fraction of sp³-hybridized carbons (Fsp3) is 0.250. The Kier molecular flexibility index (Phi) is 3.25. The summed E-state index contributed by atoms with van der Waals surface area (Å²) < 4.78 is 2.98. The van der Waals surface area contributed by atoms with Gasteiger partial charge in [-0.25, -0.2) is 0 Å². The van der Waals surface area contributed by atoms with E-state index < -0.39 is 0 Å². The van der Waals surface area contributed by atoms with Gasteiger partial charge in [0, 0.05) is 38.7 Å². The highest BCUT2D eigenvalue weighted by atomic mass is 32.1. The predicted molar refractivity (Wildman–Crippen MR) is 128 cm³/mol. The first-order chi connectivity index (χ1) is 13.7. The van der Waals surface area contributed by atoms with Gasteiger partial charge in [0.2, 0.25) is 0 Å². The number of thiophene rings is 4. The lowest BCUT2D eigenvalue weighted by molar-refractivity contribution is 0.964. The van der Waals surface area contributed by atoms with Crippen LogP contribution < -0.4 is 0 Å². The minimum Gasteiger partial charge on any atom is -0.139 e. The van der Waals surface area contributed by atoms with Crippen molar-refractivity contribution in [1.82, 2.24) is 0 Å². The van der Waals surface area contributed by atoms with E-state index in [4.69, 9.17) is 0 Å². The van der Waals surface area contributed by atoms with E-state index in [1.165, 1.54) is 55.6 Å². The molecule has 0 spiro atoms. The zero-order valence-corrected chi connectivity index (χ0v) is 19.0. The molecule has 0 atom stereocenters. The fourth-order valence-electron chi connectivity index (χ4n) is 5.06. The molecule has 7 rings (SSSR count). The third-order valence-electron chi connectivity index (χ3n) is 6.27. The average molecular weight is 435 g/mol. The van der Waals surface area contributed by atoms with E-state index in [2.05, 4.69) is 38.1 Å². The van der Waals surface area contributed by atoms with Crippen molar-refractivity contribution in [3.8, 4) is 19.5 Å². The molecule has 0 radical (unpaired) electrons. The number of hydrogen-bond donors (Lipinski definition) is 0. The quantitative estimate of drug-likeness (QED) is 0.229. The van der Waals surface area contributed by atoms with Crippen LogP contribution in [0.5, 0.6) is 0 Å². The van der Waals surface area contributed by atoms with Gasteiger partial charge in [0.25, 0.3) is 0 Å². The molecule has 0 nitrogen and oxygen atoms in total. The second-order valence-corrected chi connectivity index (χ2v) is 12.7. The van der Waals surface area contributed by atoms with Crippen LogP contribution in [-0.4, -0.2) is 0 Å². The number of rotatable bonds is 0.